The van der Waals surface area contributed by atoms with Crippen molar-refractivity contribution in [2.24, 2.45) is 0 Å². The summed E-state index contributed by atoms with van der Waals surface area (Å²) in [6, 6.07) is 1.56. The Morgan fingerprint density at radius 1 is 1.20 bits per heavy atom. The summed E-state index contributed by atoms with van der Waals surface area (Å²) in [6.45, 7) is 4.77. The topological polar surface area (TPSA) is 139 Å². The number of hydrogen-bond acceptors (Lipinski definition) is 7. The largest absolute Gasteiger partial charge is 0.456 e. The van der Waals surface area contributed by atoms with E-state index in [1.165, 1.54) is 0 Å². The number of anilines is 1. The van der Waals surface area contributed by atoms with Gasteiger partial charge in [-0.15, -0.1) is 0 Å². The van der Waals surface area contributed by atoms with Gasteiger partial charge >= 0.3 is 5.97 Å². The zero-order valence-electron chi connectivity index (χ0n) is 11.1. The molecule has 0 atom stereocenters. The van der Waals surface area contributed by atoms with Crippen LogP contribution >= 0.6 is 0 Å². The van der Waals surface area contributed by atoms with Gasteiger partial charge in [0.1, 0.15) is 11.3 Å². The Morgan fingerprint density at radius 3 is 2.15 bits per heavy atom. The molecule has 1 rings (SSSR count). The van der Waals surface area contributed by atoms with Gasteiger partial charge in [0.15, 0.2) is 0 Å². The van der Waals surface area contributed by atoms with Gasteiger partial charge in [0.25, 0.3) is 11.4 Å². The van der Waals surface area contributed by atoms with E-state index in [1.807, 2.05) is 0 Å². The predicted octanol–water partition coefficient (Wildman–Crippen LogP) is 2.04. The summed E-state index contributed by atoms with van der Waals surface area (Å²) >= 11 is 0. The number of nitrogen functional groups attached to an aromatic ring is 1. The lowest BCUT2D eigenvalue weighted by molar-refractivity contribution is -0.393. The molecule has 0 fully saturated rings. The van der Waals surface area contributed by atoms with Gasteiger partial charge < -0.3 is 10.5 Å². The normalized spacial score (nSPS) is 10.9. The first-order valence-corrected chi connectivity index (χ1v) is 5.48. The van der Waals surface area contributed by atoms with Crippen LogP contribution in [0, 0.1) is 20.2 Å². The van der Waals surface area contributed by atoms with E-state index in [0.717, 1.165) is 6.07 Å². The second-order valence-corrected chi connectivity index (χ2v) is 4.94. The smallest absolute Gasteiger partial charge is 0.341 e. The molecule has 2 N–H and O–H groups in total. The third-order valence-corrected chi connectivity index (χ3v) is 2.17. The van der Waals surface area contributed by atoms with E-state index in [9.17, 15) is 25.0 Å². The number of ether oxygens (including phenoxy) is 1. The summed E-state index contributed by atoms with van der Waals surface area (Å²) in [6.07, 6.45) is 0. The second kappa shape index (κ2) is 5.11. The average Bonchev–Trinajstić information content (AvgIpc) is 2.25. The van der Waals surface area contributed by atoms with Crippen LogP contribution in [0.4, 0.5) is 17.1 Å². The predicted molar refractivity (Wildman–Crippen MR) is 69.3 cm³/mol. The number of nitrogens with two attached hydrogens (primary N) is 1. The quantitative estimate of drug-likeness (QED) is 0.387. The number of non-ortho nitro benzene ring substituents is 1. The number of esters is 1. The van der Waals surface area contributed by atoms with E-state index in [1.54, 1.807) is 20.8 Å². The van der Waals surface area contributed by atoms with E-state index in [-0.39, 0.29) is 0 Å². The van der Waals surface area contributed by atoms with Crippen LogP contribution in [0.5, 0.6) is 0 Å². The molecule has 0 saturated heterocycles. The minimum atomic E-state index is -0.957. The molecular formula is C11H13N3O6. The monoisotopic (exact) mass is 283 g/mol. The van der Waals surface area contributed by atoms with E-state index < -0.39 is 44.0 Å². The van der Waals surface area contributed by atoms with Crippen molar-refractivity contribution < 1.29 is 19.4 Å². The first kappa shape index (κ1) is 15.3. The maximum Gasteiger partial charge on any atom is 0.341 e. The molecule has 0 unspecified atom stereocenters. The summed E-state index contributed by atoms with van der Waals surface area (Å²) in [4.78, 5) is 31.7. The van der Waals surface area contributed by atoms with Crippen LogP contribution in [-0.2, 0) is 4.74 Å². The molecule has 0 spiro atoms. The van der Waals surface area contributed by atoms with E-state index in [0.29, 0.717) is 6.07 Å². The Kier molecular flexibility index (Phi) is 3.92. The molecule has 0 radical (unpaired) electrons. The van der Waals surface area contributed by atoms with Gasteiger partial charge in [0, 0.05) is 6.07 Å². The van der Waals surface area contributed by atoms with Crippen molar-refractivity contribution in [1.29, 1.82) is 0 Å². The molecule has 1 aromatic rings. The van der Waals surface area contributed by atoms with E-state index >= 15 is 0 Å². The van der Waals surface area contributed by atoms with Crippen molar-refractivity contribution in [2.45, 2.75) is 26.4 Å². The van der Waals surface area contributed by atoms with Crippen LogP contribution in [0.25, 0.3) is 0 Å². The highest BCUT2D eigenvalue weighted by Gasteiger charge is 2.28. The van der Waals surface area contributed by atoms with Crippen molar-refractivity contribution >= 4 is 23.0 Å². The van der Waals surface area contributed by atoms with Gasteiger partial charge in [0.05, 0.1) is 21.5 Å². The van der Waals surface area contributed by atoms with Crippen LogP contribution in [0.2, 0.25) is 0 Å². The van der Waals surface area contributed by atoms with Crippen molar-refractivity contribution in [3.8, 4) is 0 Å². The molecule has 1 aromatic carbocycles. The van der Waals surface area contributed by atoms with Crippen molar-refractivity contribution in [1.82, 2.24) is 0 Å². The molecule has 0 aromatic heterocycles. The molecule has 0 aliphatic carbocycles. The summed E-state index contributed by atoms with van der Waals surface area (Å²) < 4.78 is 5.01. The standard InChI is InChI=1S/C11H13N3O6/c1-11(2,3)20-10(15)7-4-6(13(16)17)5-8(9(7)12)14(18)19/h4-5H,12H2,1-3H3. The van der Waals surface area contributed by atoms with E-state index in [4.69, 9.17) is 10.5 Å². The van der Waals surface area contributed by atoms with Crippen LogP contribution in [0.1, 0.15) is 31.1 Å². The summed E-state index contributed by atoms with van der Waals surface area (Å²) in [5, 5.41) is 21.5. The maximum atomic E-state index is 11.9. The fourth-order valence-corrected chi connectivity index (χ4v) is 1.38. The number of rotatable bonds is 3. The van der Waals surface area contributed by atoms with E-state index in [2.05, 4.69) is 0 Å². The van der Waals surface area contributed by atoms with Gasteiger partial charge in [-0.1, -0.05) is 0 Å². The van der Waals surface area contributed by atoms with Crippen molar-refractivity contribution in [3.05, 3.63) is 37.9 Å². The first-order valence-electron chi connectivity index (χ1n) is 5.48. The Hall–Kier alpha value is -2.71. The van der Waals surface area contributed by atoms with Crippen molar-refractivity contribution in [3.63, 3.8) is 0 Å². The number of benzene rings is 1. The molecule has 0 aliphatic rings. The zero-order valence-corrected chi connectivity index (χ0v) is 11.1. The lowest BCUT2D eigenvalue weighted by atomic mass is 10.1. The van der Waals surface area contributed by atoms with Crippen LogP contribution in [0.15, 0.2) is 12.1 Å². The molecule has 9 nitrogen and oxygen atoms in total. The Balaban J connectivity index is 3.41. The summed E-state index contributed by atoms with van der Waals surface area (Å²) in [7, 11) is 0. The third kappa shape index (κ3) is 3.40. The number of carbonyl (C=O) groups is 1. The Bertz CT molecular complexity index is 591. The number of nitro groups is 2. The first-order chi connectivity index (χ1) is 9.03. The molecule has 0 amide bonds. The fourth-order valence-electron chi connectivity index (χ4n) is 1.38. The highest BCUT2D eigenvalue weighted by molar-refractivity contribution is 5.98. The average molecular weight is 283 g/mol. The highest BCUT2D eigenvalue weighted by atomic mass is 16.6. The lowest BCUT2D eigenvalue weighted by Crippen LogP contribution is -2.24. The van der Waals surface area contributed by atoms with Crippen LogP contribution < -0.4 is 5.73 Å². The molecule has 20 heavy (non-hydrogen) atoms. The molecule has 108 valence electrons. The summed E-state index contributed by atoms with van der Waals surface area (Å²) in [5.41, 5.74) is 2.47. The zero-order chi connectivity index (χ0) is 15.7. The highest BCUT2D eigenvalue weighted by Crippen LogP contribution is 2.31. The molecule has 0 heterocycles. The lowest BCUT2D eigenvalue weighted by Gasteiger charge is -2.19. The van der Waals surface area contributed by atoms with Crippen LogP contribution in [-0.4, -0.2) is 21.4 Å². The number of hydrogen-bond donors (Lipinski definition) is 1. The van der Waals surface area contributed by atoms with Gasteiger partial charge in [-0.25, -0.2) is 4.79 Å². The number of nitrogens with zero attached hydrogens (tertiary/aromatic N) is 2. The molecule has 0 aliphatic heterocycles. The number of carbonyl (C=O) groups excluding carboxylic acids is 1. The molecular weight excluding hydrogens is 270 g/mol. The van der Waals surface area contributed by atoms with Gasteiger partial charge in [-0.3, -0.25) is 20.2 Å². The Labute approximate surface area is 113 Å². The molecule has 0 saturated carbocycles. The SMILES string of the molecule is CC(C)(C)OC(=O)c1cc([N+](=O)[O-])cc([N+](=O)[O-])c1N. The fraction of sp³-hybridized carbons (Fsp3) is 0.364. The van der Waals surface area contributed by atoms with Crippen LogP contribution in [0.3, 0.4) is 0 Å². The Morgan fingerprint density at radius 2 is 1.75 bits per heavy atom. The molecule has 0 bridgehead atoms. The maximum absolute atomic E-state index is 11.9. The third-order valence-electron chi connectivity index (χ3n) is 2.17. The summed E-state index contributed by atoms with van der Waals surface area (Å²) in [5.74, 6) is -0.957. The van der Waals surface area contributed by atoms with Gasteiger partial charge in [-0.05, 0) is 20.8 Å². The minimum absolute atomic E-state index is 0.402. The van der Waals surface area contributed by atoms with Gasteiger partial charge in [-0.2, -0.15) is 0 Å². The number of nitro benzene ring substituents is 2. The second-order valence-electron chi connectivity index (χ2n) is 4.94. The minimum Gasteiger partial charge on any atom is -0.456 e. The van der Waals surface area contributed by atoms with Gasteiger partial charge in [0.2, 0.25) is 0 Å². The van der Waals surface area contributed by atoms with Crippen molar-refractivity contribution in [2.75, 3.05) is 5.73 Å². The molecule has 9 heteroatoms.